The second-order valence-electron chi connectivity index (χ2n) is 29.9. The van der Waals surface area contributed by atoms with Gasteiger partial charge in [-0.1, -0.05) is 89.1 Å². The number of carbonyl (C=O) groups excluding carboxylic acids is 10. The maximum Gasteiger partial charge on any atom is 0.243 e. The number of rotatable bonds is 42. The van der Waals surface area contributed by atoms with Gasteiger partial charge in [-0.3, -0.25) is 52.8 Å². The van der Waals surface area contributed by atoms with E-state index in [1.165, 1.54) is 12.0 Å². The number of nitrogens with one attached hydrogen (secondary N) is 6. The van der Waals surface area contributed by atoms with Gasteiger partial charge in [-0.25, -0.2) is 0 Å². The number of likely N-dealkylation sites (tertiary alicyclic amines) is 1. The lowest BCUT2D eigenvalue weighted by atomic mass is 9.85. The number of carbonyl (C=O) groups is 10. The summed E-state index contributed by atoms with van der Waals surface area (Å²) in [5.74, 6) is -7.00. The van der Waals surface area contributed by atoms with E-state index in [-0.39, 0.29) is 137 Å². The van der Waals surface area contributed by atoms with Crippen molar-refractivity contribution in [3.63, 3.8) is 0 Å². The molecule has 9 amide bonds. The molecule has 8 rings (SSSR count). The number of ketones is 1. The summed E-state index contributed by atoms with van der Waals surface area (Å²) in [7, 11) is 1.52. The number of unbranched alkanes of at least 4 members (excludes halogenated alkanes) is 3. The number of aliphatic hydroxyl groups excluding tert-OH is 2. The normalized spacial score (nSPS) is 29.5. The molecule has 7 heterocycles. The first kappa shape index (κ1) is 83.0. The Bertz CT molecular complexity index is 3080. The molecule has 0 radical (unpaired) electrons. The highest BCUT2D eigenvalue weighted by atomic mass is 16.7. The second kappa shape index (κ2) is 40.9. The number of fused-ring (bicyclic) bond motifs is 1. The Hall–Kier alpha value is -6.60. The van der Waals surface area contributed by atoms with E-state index in [0.717, 1.165) is 62.5 Å². The molecule has 7 aliphatic rings. The van der Waals surface area contributed by atoms with Gasteiger partial charge in [0.25, 0.3) is 0 Å². The first-order valence-electron chi connectivity index (χ1n) is 37.9. The first-order valence-corrected chi connectivity index (χ1v) is 37.9. The van der Waals surface area contributed by atoms with E-state index < -0.39 is 128 Å². The molecule has 19 atom stereocenters. The van der Waals surface area contributed by atoms with Crippen LogP contribution in [0.5, 0.6) is 0 Å². The third kappa shape index (κ3) is 25.3. The number of methoxy groups -OCH3 is 1. The summed E-state index contributed by atoms with van der Waals surface area (Å²) in [6.45, 7) is 15.9. The van der Waals surface area contributed by atoms with Crippen molar-refractivity contribution in [2.24, 2.45) is 29.4 Å². The van der Waals surface area contributed by atoms with Crippen molar-refractivity contribution in [3.8, 4) is 0 Å². The number of ether oxygens (including phenoxy) is 8. The van der Waals surface area contributed by atoms with E-state index in [1.54, 1.807) is 30.3 Å². The van der Waals surface area contributed by atoms with Crippen molar-refractivity contribution in [2.45, 2.75) is 273 Å². The molecule has 7 saturated heterocycles. The number of aliphatic hydroxyl groups is 2. The van der Waals surface area contributed by atoms with E-state index in [4.69, 9.17) is 43.6 Å². The predicted molar refractivity (Wildman–Crippen MR) is 380 cm³/mol. The molecule has 0 bridgehead atoms. The molecule has 7 fully saturated rings. The fraction of sp³-hybridized carbons (Fsp3) is 0.737. The highest BCUT2D eigenvalue weighted by Crippen LogP contribution is 2.43. The number of primary amides is 1. The van der Waals surface area contributed by atoms with Crippen LogP contribution in [0.15, 0.2) is 54.6 Å². The van der Waals surface area contributed by atoms with Crippen LogP contribution < -0.4 is 37.6 Å². The quantitative estimate of drug-likeness (QED) is 0.0256. The van der Waals surface area contributed by atoms with Gasteiger partial charge >= 0.3 is 0 Å². The van der Waals surface area contributed by atoms with Gasteiger partial charge in [0.05, 0.1) is 107 Å². The summed E-state index contributed by atoms with van der Waals surface area (Å²) in [6.07, 6.45) is 6.69. The molecule has 0 spiro atoms. The fourth-order valence-corrected chi connectivity index (χ4v) is 15.5. The van der Waals surface area contributed by atoms with Crippen molar-refractivity contribution < 1.29 is 96.1 Å². The van der Waals surface area contributed by atoms with Crippen molar-refractivity contribution >= 4 is 58.9 Å². The molecule has 7 aliphatic heterocycles. The number of Topliss-reactive ketones (excluding diaryl/α,β-unsaturated/α-hetero) is 1. The minimum atomic E-state index is -1.23. The Morgan fingerprint density at radius 2 is 1.49 bits per heavy atom. The predicted octanol–water partition coefficient (Wildman–Crippen LogP) is 3.66. The summed E-state index contributed by atoms with van der Waals surface area (Å²) in [5, 5.41) is 37.2. The zero-order valence-corrected chi connectivity index (χ0v) is 61.6. The SMILES string of the molecule is C=C1CC[C@H](CC[C@@H]2O[C@@H](CC[C@]3(O[C@@H]4C(C)CO[C@H]5CC[C@H](CC(=O)C[C@@H]6[C@@H](OC)[C@@H](C[C@H](O)CNC(=O)CNC(=O)[C@H](Cc7ccccc7)NC(=O)CNC(=O)CNC(=O)C(CCC(N)=O)NC(=O)CCCCCN7C(=O)CC(C(C)CCCC)C7=O)O[C@H]6C)O[C@@H]54)C[C@@H](O)CO3)CC2=C)OC1. The minimum Gasteiger partial charge on any atom is -0.391 e. The van der Waals surface area contributed by atoms with Gasteiger partial charge in [-0.15, -0.1) is 0 Å². The Labute approximate surface area is 611 Å². The lowest BCUT2D eigenvalue weighted by Crippen LogP contribution is -2.58. The molecule has 1 aromatic carbocycles. The van der Waals surface area contributed by atoms with Crippen LogP contribution in [0.25, 0.3) is 0 Å². The lowest BCUT2D eigenvalue weighted by molar-refractivity contribution is -0.308. The Morgan fingerprint density at radius 3 is 2.19 bits per heavy atom. The van der Waals surface area contributed by atoms with E-state index in [1.807, 2.05) is 13.8 Å². The average molecular weight is 1460 g/mol. The van der Waals surface area contributed by atoms with Crippen LogP contribution in [0.4, 0.5) is 0 Å². The van der Waals surface area contributed by atoms with E-state index >= 15 is 0 Å². The smallest absolute Gasteiger partial charge is 0.243 e. The molecule has 0 aliphatic carbocycles. The van der Waals surface area contributed by atoms with E-state index in [2.05, 4.69) is 58.9 Å². The van der Waals surface area contributed by atoms with Crippen molar-refractivity contribution in [2.75, 3.05) is 59.7 Å². The van der Waals surface area contributed by atoms with E-state index in [9.17, 15) is 58.2 Å². The maximum absolute atomic E-state index is 14.1. The van der Waals surface area contributed by atoms with Crippen LogP contribution in [-0.2, 0) is 92.3 Å². The summed E-state index contributed by atoms with van der Waals surface area (Å²) in [4.78, 5) is 132. The minimum absolute atomic E-state index is 0.00344. The summed E-state index contributed by atoms with van der Waals surface area (Å²) >= 11 is 0. The van der Waals surface area contributed by atoms with Crippen LogP contribution in [0.1, 0.15) is 181 Å². The van der Waals surface area contributed by atoms with Gasteiger partial charge in [0.15, 0.2) is 5.79 Å². The Kier molecular flexibility index (Phi) is 32.7. The average Bonchev–Trinajstić information content (AvgIpc) is 1.13. The molecule has 104 heavy (non-hydrogen) atoms. The van der Waals surface area contributed by atoms with Crippen molar-refractivity contribution in [1.82, 2.24) is 36.8 Å². The molecule has 10 N–H and O–H groups in total. The third-order valence-electron chi connectivity index (χ3n) is 21.5. The zero-order valence-electron chi connectivity index (χ0n) is 61.6. The molecule has 28 heteroatoms. The van der Waals surface area contributed by atoms with Crippen LogP contribution in [-0.4, -0.2) is 225 Å². The highest BCUT2D eigenvalue weighted by Gasteiger charge is 2.52. The topological polar surface area (TPSA) is 386 Å². The van der Waals surface area contributed by atoms with Gasteiger partial charge in [0, 0.05) is 95.7 Å². The summed E-state index contributed by atoms with van der Waals surface area (Å²) < 4.78 is 51.2. The third-order valence-corrected chi connectivity index (χ3v) is 21.5. The molecule has 4 unspecified atom stereocenters. The monoisotopic (exact) mass is 1460 g/mol. The molecule has 0 saturated carbocycles. The Morgan fingerprint density at radius 1 is 0.760 bits per heavy atom. The Balaban J connectivity index is 0.730. The molecule has 28 nitrogen and oxygen atoms in total. The number of nitrogens with two attached hydrogens (primary N) is 1. The van der Waals surface area contributed by atoms with Crippen LogP contribution in [0.2, 0.25) is 0 Å². The fourth-order valence-electron chi connectivity index (χ4n) is 15.5. The number of hydrogen-bond acceptors (Lipinski definition) is 20. The van der Waals surface area contributed by atoms with Crippen LogP contribution in [0, 0.1) is 23.7 Å². The molecule has 0 aromatic heterocycles. The number of benzene rings is 1. The number of imide groups is 1. The van der Waals surface area contributed by atoms with Gasteiger partial charge in [-0.2, -0.15) is 0 Å². The van der Waals surface area contributed by atoms with Gasteiger partial charge < -0.3 is 85.7 Å². The van der Waals surface area contributed by atoms with Crippen LogP contribution >= 0.6 is 0 Å². The van der Waals surface area contributed by atoms with Crippen molar-refractivity contribution in [1.29, 1.82) is 0 Å². The largest absolute Gasteiger partial charge is 0.391 e. The highest BCUT2D eigenvalue weighted by molar-refractivity contribution is 6.03. The molecule has 1 aromatic rings. The maximum atomic E-state index is 14.1. The van der Waals surface area contributed by atoms with E-state index in [0.29, 0.717) is 70.1 Å². The second-order valence-corrected chi connectivity index (χ2v) is 29.9. The summed E-state index contributed by atoms with van der Waals surface area (Å²) in [6, 6.07) is 6.31. The van der Waals surface area contributed by atoms with Gasteiger partial charge in [-0.05, 0) is 101 Å². The molecular formula is C76H116N8O20. The first-order chi connectivity index (χ1) is 49.8. The zero-order chi connectivity index (χ0) is 75.0. The number of nitrogens with zero attached hydrogens (tertiary/aromatic N) is 1. The van der Waals surface area contributed by atoms with Gasteiger partial charge in [0.2, 0.25) is 53.2 Å². The standard InChI is InChI=1S/C76H116N8O20/c1-8-9-16-46(3)57-36-69(93)84(75(57)96)30-15-11-14-19-65(89)82-59(24-27-64(77)88)73(94)80-40-67(91)79-41-68(92)83-60(32-50-17-12-10-13-18-50)74(95)81-39-66(90)78-38-52(86)35-63-71(97-7)58(49(6)101-63)34-51(85)33-55-23-26-62-72(103-55)70(48(5)43-99-62)104-76(37-53(87)44-100-76)29-28-56-31-47(4)61(102-56)25-22-54-21-20-45(2)42-98-54/h10,12-13,17-18,46,48-49,52-63,70-72,86-87H,2,4,8-9,11,14-16,19-44H2,1,3,5-7H3,(H2,77,88)(H,78,90)(H,79,91)(H,80,94)(H,81,95)(H,82,89)(H,83,92)/t46?,48?,49-,52-,53+,54+,55+,56-,57?,58-,59?,60-,61-,62-,63+,70+,71+,72-,76-/m0/s1. The lowest BCUT2D eigenvalue weighted by Gasteiger charge is -2.48. The van der Waals surface area contributed by atoms with Crippen molar-refractivity contribution in [3.05, 3.63) is 60.2 Å². The van der Waals surface area contributed by atoms with Gasteiger partial charge in [0.1, 0.15) is 24.0 Å². The van der Waals surface area contributed by atoms with Crippen LogP contribution in [0.3, 0.4) is 0 Å². The molecular weight excluding hydrogens is 1340 g/mol. The summed E-state index contributed by atoms with van der Waals surface area (Å²) in [5.41, 5.74) is 8.22. The number of amides is 9. The molecule has 580 valence electrons. The number of hydrogen-bond donors (Lipinski definition) is 9.